The number of aromatic amines is 1. The van der Waals surface area contributed by atoms with Gasteiger partial charge in [0.1, 0.15) is 0 Å². The zero-order valence-corrected chi connectivity index (χ0v) is 17.6. The highest BCUT2D eigenvalue weighted by Crippen LogP contribution is 2.24. The molecule has 1 saturated heterocycles. The van der Waals surface area contributed by atoms with Crippen molar-refractivity contribution in [1.29, 1.82) is 0 Å². The SMILES string of the molecule is Cc1cccc(N2CCN(C(=O)C(=O)NCCc3c[nH]c4ccccc34)CC2)c1C. The van der Waals surface area contributed by atoms with Crippen molar-refractivity contribution in [3.05, 3.63) is 65.4 Å². The normalized spacial score (nSPS) is 14.2. The van der Waals surface area contributed by atoms with Crippen LogP contribution >= 0.6 is 0 Å². The molecule has 0 unspecified atom stereocenters. The van der Waals surface area contributed by atoms with E-state index in [1.165, 1.54) is 16.8 Å². The molecule has 156 valence electrons. The Kier molecular flexibility index (Phi) is 5.74. The van der Waals surface area contributed by atoms with Gasteiger partial charge in [-0.1, -0.05) is 30.3 Å². The molecule has 0 atom stereocenters. The molecule has 1 aliphatic heterocycles. The van der Waals surface area contributed by atoms with Crippen molar-refractivity contribution in [3.8, 4) is 0 Å². The van der Waals surface area contributed by atoms with Crippen molar-refractivity contribution in [2.45, 2.75) is 20.3 Å². The van der Waals surface area contributed by atoms with Crippen LogP contribution in [-0.2, 0) is 16.0 Å². The fourth-order valence-corrected chi connectivity index (χ4v) is 4.10. The second-order valence-corrected chi connectivity index (χ2v) is 7.86. The number of aryl methyl sites for hydroxylation is 1. The summed E-state index contributed by atoms with van der Waals surface area (Å²) in [6.45, 7) is 7.26. The summed E-state index contributed by atoms with van der Waals surface area (Å²) < 4.78 is 0. The lowest BCUT2D eigenvalue weighted by Crippen LogP contribution is -2.53. The molecular formula is C24H28N4O2. The minimum atomic E-state index is -0.518. The van der Waals surface area contributed by atoms with E-state index < -0.39 is 11.8 Å². The van der Waals surface area contributed by atoms with Crippen LogP contribution in [-0.4, -0.2) is 54.4 Å². The van der Waals surface area contributed by atoms with Gasteiger partial charge in [-0.05, 0) is 49.1 Å². The standard InChI is InChI=1S/C24H28N4O2/c1-17-6-5-9-22(18(17)2)27-12-14-28(15-13-27)24(30)23(29)25-11-10-19-16-26-21-8-4-3-7-20(19)21/h3-9,16,26H,10-15H2,1-2H3,(H,25,29). The summed E-state index contributed by atoms with van der Waals surface area (Å²) in [6, 6.07) is 14.4. The van der Waals surface area contributed by atoms with Crippen molar-refractivity contribution in [1.82, 2.24) is 15.2 Å². The van der Waals surface area contributed by atoms with E-state index in [1.54, 1.807) is 4.90 Å². The summed E-state index contributed by atoms with van der Waals surface area (Å²) in [7, 11) is 0. The number of H-pyrrole nitrogens is 1. The number of anilines is 1. The molecule has 2 heterocycles. The Hall–Kier alpha value is -3.28. The Morgan fingerprint density at radius 1 is 1.00 bits per heavy atom. The minimum Gasteiger partial charge on any atom is -0.368 e. The van der Waals surface area contributed by atoms with Crippen LogP contribution in [0.1, 0.15) is 16.7 Å². The molecule has 2 aromatic carbocycles. The summed E-state index contributed by atoms with van der Waals surface area (Å²) in [5, 5.41) is 3.94. The topological polar surface area (TPSA) is 68.4 Å². The number of aromatic nitrogens is 1. The highest BCUT2D eigenvalue weighted by molar-refractivity contribution is 6.35. The van der Waals surface area contributed by atoms with E-state index in [-0.39, 0.29) is 0 Å². The molecule has 1 aromatic heterocycles. The number of carbonyl (C=O) groups is 2. The minimum absolute atomic E-state index is 0.436. The summed E-state index contributed by atoms with van der Waals surface area (Å²) in [4.78, 5) is 32.1. The van der Waals surface area contributed by atoms with Gasteiger partial charge in [-0.3, -0.25) is 9.59 Å². The smallest absolute Gasteiger partial charge is 0.312 e. The van der Waals surface area contributed by atoms with Crippen molar-refractivity contribution in [2.24, 2.45) is 0 Å². The first kappa shape index (κ1) is 20.0. The van der Waals surface area contributed by atoms with Crippen LogP contribution in [0.2, 0.25) is 0 Å². The Bertz CT molecular complexity index is 1060. The van der Waals surface area contributed by atoms with Crippen LogP contribution in [0.4, 0.5) is 5.69 Å². The molecule has 0 radical (unpaired) electrons. The van der Waals surface area contributed by atoms with E-state index in [0.717, 1.165) is 29.6 Å². The van der Waals surface area contributed by atoms with Gasteiger partial charge in [0, 0.05) is 55.5 Å². The number of fused-ring (bicyclic) bond motifs is 1. The number of carbonyl (C=O) groups excluding carboxylic acids is 2. The maximum Gasteiger partial charge on any atom is 0.312 e. The molecule has 6 heteroatoms. The van der Waals surface area contributed by atoms with Gasteiger partial charge < -0.3 is 20.1 Å². The van der Waals surface area contributed by atoms with Crippen LogP contribution in [0, 0.1) is 13.8 Å². The molecule has 1 fully saturated rings. The average Bonchev–Trinajstić information content (AvgIpc) is 3.18. The molecule has 2 N–H and O–H groups in total. The van der Waals surface area contributed by atoms with E-state index in [9.17, 15) is 9.59 Å². The molecule has 3 aromatic rings. The van der Waals surface area contributed by atoms with Gasteiger partial charge in [0.05, 0.1) is 0 Å². The first-order chi connectivity index (χ1) is 14.5. The van der Waals surface area contributed by atoms with Crippen LogP contribution < -0.4 is 10.2 Å². The number of hydrogen-bond acceptors (Lipinski definition) is 3. The van der Waals surface area contributed by atoms with Crippen LogP contribution in [0.3, 0.4) is 0 Å². The fourth-order valence-electron chi connectivity index (χ4n) is 4.10. The number of nitrogens with zero attached hydrogens (tertiary/aromatic N) is 2. The van der Waals surface area contributed by atoms with Gasteiger partial charge in [-0.2, -0.15) is 0 Å². The van der Waals surface area contributed by atoms with E-state index in [0.29, 0.717) is 26.1 Å². The number of para-hydroxylation sites is 1. The molecule has 2 amide bonds. The Labute approximate surface area is 176 Å². The molecule has 0 aliphatic carbocycles. The zero-order chi connectivity index (χ0) is 21.1. The number of amides is 2. The van der Waals surface area contributed by atoms with Crippen LogP contribution in [0.15, 0.2) is 48.7 Å². The zero-order valence-electron chi connectivity index (χ0n) is 17.6. The Balaban J connectivity index is 1.27. The highest BCUT2D eigenvalue weighted by Gasteiger charge is 2.26. The summed E-state index contributed by atoms with van der Waals surface area (Å²) >= 11 is 0. The van der Waals surface area contributed by atoms with Gasteiger partial charge in [0.2, 0.25) is 0 Å². The second kappa shape index (κ2) is 8.61. The third-order valence-electron chi connectivity index (χ3n) is 6.03. The maximum atomic E-state index is 12.6. The number of benzene rings is 2. The molecule has 1 aliphatic rings. The van der Waals surface area contributed by atoms with Crippen LogP contribution in [0.25, 0.3) is 10.9 Å². The summed E-state index contributed by atoms with van der Waals surface area (Å²) in [5.41, 5.74) is 5.97. The number of rotatable bonds is 4. The third kappa shape index (κ3) is 4.03. The predicted octanol–water partition coefficient (Wildman–Crippen LogP) is 2.79. The number of hydrogen-bond donors (Lipinski definition) is 2. The van der Waals surface area contributed by atoms with Gasteiger partial charge in [-0.15, -0.1) is 0 Å². The van der Waals surface area contributed by atoms with Crippen LogP contribution in [0.5, 0.6) is 0 Å². The predicted molar refractivity (Wildman–Crippen MR) is 120 cm³/mol. The lowest BCUT2D eigenvalue weighted by Gasteiger charge is -2.36. The molecule has 30 heavy (non-hydrogen) atoms. The number of piperazine rings is 1. The highest BCUT2D eigenvalue weighted by atomic mass is 16.2. The van der Waals surface area contributed by atoms with E-state index >= 15 is 0 Å². The third-order valence-corrected chi connectivity index (χ3v) is 6.03. The first-order valence-corrected chi connectivity index (χ1v) is 10.5. The van der Waals surface area contributed by atoms with Crippen molar-refractivity contribution in [3.63, 3.8) is 0 Å². The lowest BCUT2D eigenvalue weighted by molar-refractivity contribution is -0.146. The molecular weight excluding hydrogens is 376 g/mol. The summed E-state index contributed by atoms with van der Waals surface area (Å²) in [6.07, 6.45) is 2.65. The maximum absolute atomic E-state index is 12.6. The van der Waals surface area contributed by atoms with Gasteiger partial charge in [0.25, 0.3) is 0 Å². The van der Waals surface area contributed by atoms with Crippen molar-refractivity contribution in [2.75, 3.05) is 37.6 Å². The van der Waals surface area contributed by atoms with Crippen molar-refractivity contribution >= 4 is 28.4 Å². The Morgan fingerprint density at radius 2 is 1.77 bits per heavy atom. The molecule has 0 saturated carbocycles. The fraction of sp³-hybridized carbons (Fsp3) is 0.333. The lowest BCUT2D eigenvalue weighted by atomic mass is 10.1. The van der Waals surface area contributed by atoms with Gasteiger partial charge >= 0.3 is 11.8 Å². The van der Waals surface area contributed by atoms with Crippen molar-refractivity contribution < 1.29 is 9.59 Å². The monoisotopic (exact) mass is 404 g/mol. The first-order valence-electron chi connectivity index (χ1n) is 10.5. The second-order valence-electron chi connectivity index (χ2n) is 7.86. The summed E-state index contributed by atoms with van der Waals surface area (Å²) in [5.74, 6) is -0.954. The molecule has 6 nitrogen and oxygen atoms in total. The van der Waals surface area contributed by atoms with E-state index in [1.807, 2.05) is 24.4 Å². The molecule has 0 bridgehead atoms. The number of nitrogens with one attached hydrogen (secondary N) is 2. The quantitative estimate of drug-likeness (QED) is 0.657. The average molecular weight is 405 g/mol. The van der Waals surface area contributed by atoms with E-state index in [4.69, 9.17) is 0 Å². The van der Waals surface area contributed by atoms with Gasteiger partial charge in [0.15, 0.2) is 0 Å². The van der Waals surface area contributed by atoms with Gasteiger partial charge in [-0.25, -0.2) is 0 Å². The molecule has 0 spiro atoms. The largest absolute Gasteiger partial charge is 0.368 e. The molecule has 4 rings (SSSR count). The Morgan fingerprint density at radius 3 is 2.57 bits per heavy atom. The van der Waals surface area contributed by atoms with E-state index in [2.05, 4.69) is 53.3 Å².